The number of nitrogens with one attached hydrogen (secondary N) is 1. The highest BCUT2D eigenvalue weighted by Gasteiger charge is 2.31. The zero-order valence-electron chi connectivity index (χ0n) is 17.2. The molecule has 29 heavy (non-hydrogen) atoms. The Hall–Kier alpha value is -1.99. The highest BCUT2D eigenvalue weighted by atomic mass is 32.1. The molecule has 3 aromatic rings. The lowest BCUT2D eigenvalue weighted by molar-refractivity contribution is 0.108. The van der Waals surface area contributed by atoms with Crippen molar-refractivity contribution in [2.45, 2.75) is 69.4 Å². The molecule has 3 heterocycles. The lowest BCUT2D eigenvalue weighted by Crippen LogP contribution is -2.35. The molecule has 0 amide bonds. The number of hydrogen-bond donors (Lipinski definition) is 1. The molecule has 1 N–H and O–H groups in total. The van der Waals surface area contributed by atoms with E-state index in [1.54, 1.807) is 6.33 Å². The first-order valence-electron chi connectivity index (χ1n) is 10.8. The van der Waals surface area contributed by atoms with E-state index in [4.69, 9.17) is 4.74 Å². The van der Waals surface area contributed by atoms with Crippen LogP contribution in [0.5, 0.6) is 5.88 Å². The Morgan fingerprint density at radius 3 is 2.79 bits per heavy atom. The third kappa shape index (κ3) is 3.78. The summed E-state index contributed by atoms with van der Waals surface area (Å²) in [6.07, 6.45) is 12.9. The number of aromatic nitrogens is 4. The third-order valence-corrected chi connectivity index (χ3v) is 7.83. The second kappa shape index (κ2) is 8.03. The van der Waals surface area contributed by atoms with Gasteiger partial charge in [-0.2, -0.15) is 5.10 Å². The van der Waals surface area contributed by atoms with Gasteiger partial charge in [-0.25, -0.2) is 9.97 Å². The van der Waals surface area contributed by atoms with Gasteiger partial charge >= 0.3 is 0 Å². The average Bonchev–Trinajstić information content (AvgIpc) is 3.44. The summed E-state index contributed by atoms with van der Waals surface area (Å²) >= 11 is 1.83. The Balaban J connectivity index is 1.37. The maximum Gasteiger partial charge on any atom is 0.225 e. The van der Waals surface area contributed by atoms with Crippen molar-refractivity contribution in [3.63, 3.8) is 0 Å². The molecule has 1 atom stereocenters. The van der Waals surface area contributed by atoms with Crippen LogP contribution in [0.3, 0.4) is 0 Å². The largest absolute Gasteiger partial charge is 0.474 e. The fourth-order valence-corrected chi connectivity index (χ4v) is 6.24. The molecule has 0 radical (unpaired) electrons. The number of thiophene rings is 1. The summed E-state index contributed by atoms with van der Waals surface area (Å²) in [7, 11) is 4.36. The van der Waals surface area contributed by atoms with Crippen molar-refractivity contribution in [1.29, 1.82) is 0 Å². The molecule has 0 spiro atoms. The van der Waals surface area contributed by atoms with Crippen LogP contribution in [0.1, 0.15) is 60.6 Å². The van der Waals surface area contributed by atoms with Crippen molar-refractivity contribution >= 4 is 21.6 Å². The predicted octanol–water partition coefficient (Wildman–Crippen LogP) is 4.33. The molecule has 0 unspecified atom stereocenters. The molecule has 0 bridgehead atoms. The van der Waals surface area contributed by atoms with Gasteiger partial charge in [-0.1, -0.05) is 0 Å². The molecule has 154 valence electrons. The van der Waals surface area contributed by atoms with E-state index in [1.807, 2.05) is 17.5 Å². The van der Waals surface area contributed by atoms with Crippen molar-refractivity contribution in [3.05, 3.63) is 34.7 Å². The van der Waals surface area contributed by atoms with E-state index in [-0.39, 0.29) is 6.10 Å². The van der Waals surface area contributed by atoms with Gasteiger partial charge in [0.1, 0.15) is 17.3 Å². The van der Waals surface area contributed by atoms with Crippen molar-refractivity contribution in [3.8, 4) is 5.88 Å². The smallest absolute Gasteiger partial charge is 0.225 e. The van der Waals surface area contributed by atoms with Crippen molar-refractivity contribution in [2.24, 2.45) is 0 Å². The van der Waals surface area contributed by atoms with E-state index in [0.29, 0.717) is 12.0 Å². The van der Waals surface area contributed by atoms with Crippen LogP contribution < -0.4 is 4.74 Å². The van der Waals surface area contributed by atoms with E-state index in [0.717, 1.165) is 48.5 Å². The van der Waals surface area contributed by atoms with Gasteiger partial charge in [-0.15, -0.1) is 11.3 Å². The maximum absolute atomic E-state index is 6.50. The van der Waals surface area contributed by atoms with Gasteiger partial charge in [0.05, 0.1) is 11.1 Å². The van der Waals surface area contributed by atoms with E-state index in [2.05, 4.69) is 45.2 Å². The number of ether oxygens (including phenoxy) is 1. The Morgan fingerprint density at radius 2 is 2.03 bits per heavy atom. The van der Waals surface area contributed by atoms with Gasteiger partial charge in [0.15, 0.2) is 0 Å². The van der Waals surface area contributed by atoms with Gasteiger partial charge in [0.25, 0.3) is 0 Å². The van der Waals surface area contributed by atoms with Crippen molar-refractivity contribution in [2.75, 3.05) is 14.1 Å². The molecule has 1 fully saturated rings. The van der Waals surface area contributed by atoms with Crippen LogP contribution in [-0.4, -0.2) is 51.3 Å². The molecule has 2 aliphatic carbocycles. The number of aromatic amines is 1. The summed E-state index contributed by atoms with van der Waals surface area (Å²) in [4.78, 5) is 14.1. The highest BCUT2D eigenvalue weighted by Crippen LogP contribution is 2.47. The van der Waals surface area contributed by atoms with E-state index < -0.39 is 0 Å². The minimum absolute atomic E-state index is 0.267. The lowest BCUT2D eigenvalue weighted by Gasteiger charge is -2.32. The van der Waals surface area contributed by atoms with Gasteiger partial charge in [-0.05, 0) is 83.0 Å². The molecule has 7 heteroatoms. The lowest BCUT2D eigenvalue weighted by atomic mass is 9.92. The SMILES string of the molecule is CN(C)C1CCC(Oc2ncnc3sc4c(c23)[C@@H](CCc2cc[nH]n2)CC4)CC1. The maximum atomic E-state index is 6.50. The molecule has 2 aliphatic rings. The van der Waals surface area contributed by atoms with Crippen LogP contribution >= 0.6 is 11.3 Å². The minimum atomic E-state index is 0.267. The summed E-state index contributed by atoms with van der Waals surface area (Å²) < 4.78 is 6.50. The third-order valence-electron chi connectivity index (χ3n) is 6.66. The minimum Gasteiger partial charge on any atom is -0.474 e. The number of H-pyrrole nitrogens is 1. The monoisotopic (exact) mass is 411 g/mol. The number of rotatable bonds is 6. The molecule has 5 rings (SSSR count). The van der Waals surface area contributed by atoms with Crippen LogP contribution in [0.15, 0.2) is 18.6 Å². The Kier molecular flexibility index (Phi) is 5.26. The van der Waals surface area contributed by atoms with Gasteiger partial charge in [-0.3, -0.25) is 5.10 Å². The molecule has 3 aromatic heterocycles. The van der Waals surface area contributed by atoms with E-state index in [1.165, 1.54) is 35.1 Å². The summed E-state index contributed by atoms with van der Waals surface area (Å²) in [5, 5.41) is 8.43. The second-order valence-electron chi connectivity index (χ2n) is 8.65. The van der Waals surface area contributed by atoms with E-state index in [9.17, 15) is 0 Å². The Morgan fingerprint density at radius 1 is 1.17 bits per heavy atom. The quantitative estimate of drug-likeness (QED) is 0.654. The summed E-state index contributed by atoms with van der Waals surface area (Å²) in [6.45, 7) is 0. The summed E-state index contributed by atoms with van der Waals surface area (Å²) in [5.74, 6) is 1.36. The Labute approximate surface area is 175 Å². The molecule has 6 nitrogen and oxygen atoms in total. The van der Waals surface area contributed by atoms with Crippen molar-refractivity contribution < 1.29 is 4.74 Å². The number of fused-ring (bicyclic) bond motifs is 3. The molecule has 0 aliphatic heterocycles. The molecular weight excluding hydrogens is 382 g/mol. The van der Waals surface area contributed by atoms with E-state index >= 15 is 0 Å². The fraction of sp³-hybridized carbons (Fsp3) is 0.591. The van der Waals surface area contributed by atoms with Crippen molar-refractivity contribution in [1.82, 2.24) is 25.1 Å². The molecular formula is C22H29N5OS. The molecule has 0 saturated heterocycles. The number of hydrogen-bond acceptors (Lipinski definition) is 6. The van der Waals surface area contributed by atoms with Gasteiger partial charge in [0.2, 0.25) is 5.88 Å². The number of nitrogens with zero attached hydrogens (tertiary/aromatic N) is 4. The summed E-state index contributed by atoms with van der Waals surface area (Å²) in [5.41, 5.74) is 2.60. The summed E-state index contributed by atoms with van der Waals surface area (Å²) in [6, 6.07) is 2.75. The van der Waals surface area contributed by atoms with Crippen LogP contribution in [0.4, 0.5) is 0 Å². The first-order chi connectivity index (χ1) is 14.2. The van der Waals surface area contributed by atoms with Gasteiger partial charge in [0, 0.05) is 17.1 Å². The van der Waals surface area contributed by atoms with Gasteiger partial charge < -0.3 is 9.64 Å². The van der Waals surface area contributed by atoms with Crippen LogP contribution in [0.25, 0.3) is 10.2 Å². The zero-order chi connectivity index (χ0) is 19.8. The average molecular weight is 412 g/mol. The van der Waals surface area contributed by atoms with Crippen LogP contribution in [-0.2, 0) is 12.8 Å². The normalized spacial score (nSPS) is 24.3. The zero-order valence-corrected chi connectivity index (χ0v) is 18.0. The standard InChI is InChI=1S/C22H29N5OS/c1-27(2)16-6-8-17(9-7-16)28-21-20-19-14(3-5-15-11-12-25-26-15)4-10-18(19)29-22(20)24-13-23-21/h11-14,16-17H,3-10H2,1-2H3,(H,25,26)/t14-,16?,17?/m0/s1. The topological polar surface area (TPSA) is 66.9 Å². The van der Waals surface area contributed by atoms with Crippen LogP contribution in [0.2, 0.25) is 0 Å². The first-order valence-corrected chi connectivity index (χ1v) is 11.6. The fourth-order valence-electron chi connectivity index (χ4n) is 5.01. The van der Waals surface area contributed by atoms with Crippen LogP contribution in [0, 0.1) is 0 Å². The molecule has 0 aromatic carbocycles. The first kappa shape index (κ1) is 19.0. The molecule has 1 saturated carbocycles. The predicted molar refractivity (Wildman–Crippen MR) is 116 cm³/mol. The Bertz CT molecular complexity index is 959. The number of aryl methyl sites for hydroxylation is 2. The second-order valence-corrected chi connectivity index (χ2v) is 9.73. The highest BCUT2D eigenvalue weighted by molar-refractivity contribution is 7.19.